The maximum atomic E-state index is 9.43. The Kier molecular flexibility index (Phi) is 7.99. The summed E-state index contributed by atoms with van der Waals surface area (Å²) in [6.07, 6.45) is 0. The number of fused-ring (bicyclic) bond motifs is 6. The summed E-state index contributed by atoms with van der Waals surface area (Å²) < 4.78 is 4.94. The van der Waals surface area contributed by atoms with Gasteiger partial charge in [0.15, 0.2) is 17.5 Å². The molecule has 8 aromatic carbocycles. The molecule has 58 heavy (non-hydrogen) atoms. The van der Waals surface area contributed by atoms with Gasteiger partial charge in [-0.1, -0.05) is 140 Å². The van der Waals surface area contributed by atoms with E-state index < -0.39 is 0 Å². The van der Waals surface area contributed by atoms with E-state index >= 15 is 0 Å². The molecule has 0 aliphatic carbocycles. The molecule has 0 aliphatic heterocycles. The van der Waals surface area contributed by atoms with Gasteiger partial charge in [-0.15, -0.1) is 11.3 Å². The molecular formula is C52H31N5S. The van der Waals surface area contributed by atoms with Gasteiger partial charge in [0.25, 0.3) is 0 Å². The minimum absolute atomic E-state index is 0.607. The van der Waals surface area contributed by atoms with Crippen LogP contribution in [-0.4, -0.2) is 19.5 Å². The smallest absolute Gasteiger partial charge is 0.164 e. The van der Waals surface area contributed by atoms with E-state index in [-0.39, 0.29) is 0 Å². The fourth-order valence-corrected chi connectivity index (χ4v) is 9.32. The van der Waals surface area contributed by atoms with Crippen molar-refractivity contribution < 1.29 is 0 Å². The molecule has 11 aromatic rings. The van der Waals surface area contributed by atoms with Crippen LogP contribution in [0, 0.1) is 11.3 Å². The summed E-state index contributed by atoms with van der Waals surface area (Å²) in [5, 5.41) is 14.3. The number of thiophene rings is 1. The maximum absolute atomic E-state index is 9.43. The SMILES string of the molecule is N#Cc1ccc(-c2ccc3c(c2)c2ccc(-c4cccc5c4sc4ccccc45)cc2n3-c2cccc(-c3nc(-c4ccccc4)nc(-c4ccccc4)n3)c2)cc1. The number of benzene rings is 8. The van der Waals surface area contributed by atoms with Crippen molar-refractivity contribution in [3.8, 4) is 68.2 Å². The Morgan fingerprint density at radius 2 is 1.03 bits per heavy atom. The second-order valence-corrected chi connectivity index (χ2v) is 15.4. The lowest BCUT2D eigenvalue weighted by molar-refractivity contribution is 1.07. The van der Waals surface area contributed by atoms with Gasteiger partial charge >= 0.3 is 0 Å². The highest BCUT2D eigenvalue weighted by molar-refractivity contribution is 7.26. The van der Waals surface area contributed by atoms with E-state index in [1.807, 2.05) is 96.3 Å². The van der Waals surface area contributed by atoms with E-state index in [0.29, 0.717) is 23.0 Å². The minimum Gasteiger partial charge on any atom is -0.309 e. The molecule has 0 radical (unpaired) electrons. The van der Waals surface area contributed by atoms with Gasteiger partial charge in [-0.25, -0.2) is 15.0 Å². The summed E-state index contributed by atoms with van der Waals surface area (Å²) >= 11 is 1.85. The third-order valence-electron chi connectivity index (χ3n) is 10.9. The lowest BCUT2D eigenvalue weighted by Gasteiger charge is -2.12. The van der Waals surface area contributed by atoms with E-state index in [4.69, 9.17) is 15.0 Å². The molecular weight excluding hydrogens is 727 g/mol. The Morgan fingerprint density at radius 3 is 1.78 bits per heavy atom. The first-order valence-electron chi connectivity index (χ1n) is 19.2. The lowest BCUT2D eigenvalue weighted by atomic mass is 9.99. The van der Waals surface area contributed by atoms with Crippen molar-refractivity contribution in [3.63, 3.8) is 0 Å². The number of aromatic nitrogens is 4. The minimum atomic E-state index is 0.607. The number of rotatable bonds is 6. The highest BCUT2D eigenvalue weighted by Crippen LogP contribution is 2.42. The van der Waals surface area contributed by atoms with Gasteiger partial charge in [0.1, 0.15) is 0 Å². The monoisotopic (exact) mass is 757 g/mol. The summed E-state index contributed by atoms with van der Waals surface area (Å²) in [6.45, 7) is 0. The molecule has 11 rings (SSSR count). The van der Waals surface area contributed by atoms with E-state index in [1.165, 1.54) is 25.7 Å². The van der Waals surface area contributed by atoms with Crippen molar-refractivity contribution in [1.82, 2.24) is 19.5 Å². The van der Waals surface area contributed by atoms with Crippen LogP contribution >= 0.6 is 11.3 Å². The zero-order chi connectivity index (χ0) is 38.6. The van der Waals surface area contributed by atoms with Crippen molar-refractivity contribution in [2.45, 2.75) is 0 Å². The molecule has 3 heterocycles. The van der Waals surface area contributed by atoms with Crippen molar-refractivity contribution >= 4 is 53.3 Å². The molecule has 0 fully saturated rings. The third kappa shape index (κ3) is 5.73. The van der Waals surface area contributed by atoms with Gasteiger partial charge in [-0.2, -0.15) is 5.26 Å². The molecule has 0 atom stereocenters. The first kappa shape index (κ1) is 33.6. The Bertz CT molecular complexity index is 3340. The van der Waals surface area contributed by atoms with Crippen LogP contribution in [0.2, 0.25) is 0 Å². The second kappa shape index (κ2) is 13.8. The molecule has 270 valence electrons. The molecule has 0 spiro atoms. The average molecular weight is 758 g/mol. The van der Waals surface area contributed by atoms with E-state index in [9.17, 15) is 5.26 Å². The largest absolute Gasteiger partial charge is 0.309 e. The summed E-state index contributed by atoms with van der Waals surface area (Å²) in [5.41, 5.74) is 11.1. The van der Waals surface area contributed by atoms with Crippen LogP contribution < -0.4 is 0 Å². The molecule has 6 heteroatoms. The zero-order valence-electron chi connectivity index (χ0n) is 31.0. The van der Waals surface area contributed by atoms with Gasteiger partial charge in [0, 0.05) is 53.3 Å². The van der Waals surface area contributed by atoms with Gasteiger partial charge in [-0.3, -0.25) is 0 Å². The van der Waals surface area contributed by atoms with Crippen LogP contribution in [0.3, 0.4) is 0 Å². The summed E-state index contributed by atoms with van der Waals surface area (Å²) in [7, 11) is 0. The van der Waals surface area contributed by atoms with Gasteiger partial charge in [-0.05, 0) is 70.8 Å². The number of hydrogen-bond donors (Lipinski definition) is 0. The third-order valence-corrected chi connectivity index (χ3v) is 12.1. The maximum Gasteiger partial charge on any atom is 0.164 e. The molecule has 0 N–H and O–H groups in total. The Labute approximate surface area is 338 Å². The van der Waals surface area contributed by atoms with Crippen LogP contribution in [-0.2, 0) is 0 Å². The molecule has 5 nitrogen and oxygen atoms in total. The number of nitrogens with zero attached hydrogens (tertiary/aromatic N) is 5. The predicted molar refractivity (Wildman–Crippen MR) is 239 cm³/mol. The van der Waals surface area contributed by atoms with Crippen LogP contribution in [0.4, 0.5) is 0 Å². The highest BCUT2D eigenvalue weighted by Gasteiger charge is 2.18. The standard InChI is InChI=1S/C52H31N5S/c53-32-33-21-23-34(24-22-33)37-26-28-46-45(30-37)42-27-25-38(41-18-10-19-44-43-17-7-8-20-48(43)58-49(41)44)31-47(42)57(46)40-16-9-15-39(29-40)52-55-50(35-11-3-1-4-12-35)54-51(56-52)36-13-5-2-6-14-36/h1-31H. The van der Waals surface area contributed by atoms with E-state index in [0.717, 1.165) is 60.9 Å². The second-order valence-electron chi connectivity index (χ2n) is 14.4. The molecule has 0 saturated carbocycles. The molecule has 0 unspecified atom stereocenters. The number of nitriles is 1. The molecule has 0 aliphatic rings. The Hall–Kier alpha value is -7.72. The lowest BCUT2D eigenvalue weighted by Crippen LogP contribution is -2.01. The quantitative estimate of drug-likeness (QED) is 0.169. The molecule has 0 amide bonds. The van der Waals surface area contributed by atoms with Crippen molar-refractivity contribution in [3.05, 3.63) is 194 Å². The Balaban J connectivity index is 1.13. The van der Waals surface area contributed by atoms with Crippen LogP contribution in [0.15, 0.2) is 188 Å². The van der Waals surface area contributed by atoms with Crippen LogP contribution in [0.1, 0.15) is 5.56 Å². The topological polar surface area (TPSA) is 67.4 Å². The van der Waals surface area contributed by atoms with Crippen LogP contribution in [0.25, 0.3) is 104 Å². The normalized spacial score (nSPS) is 11.4. The molecule has 0 bridgehead atoms. The summed E-state index contributed by atoms with van der Waals surface area (Å²) in [6, 6.07) is 67.5. The average Bonchev–Trinajstić information content (AvgIpc) is 3.85. The number of hydrogen-bond acceptors (Lipinski definition) is 5. The Morgan fingerprint density at radius 1 is 0.414 bits per heavy atom. The molecule has 3 aromatic heterocycles. The van der Waals surface area contributed by atoms with E-state index in [2.05, 4.69) is 114 Å². The predicted octanol–water partition coefficient (Wildman–Crippen LogP) is 13.5. The fraction of sp³-hybridized carbons (Fsp3) is 0. The van der Waals surface area contributed by atoms with E-state index in [1.54, 1.807) is 0 Å². The van der Waals surface area contributed by atoms with Crippen molar-refractivity contribution in [2.24, 2.45) is 0 Å². The molecule has 0 saturated heterocycles. The van der Waals surface area contributed by atoms with Crippen molar-refractivity contribution in [2.75, 3.05) is 0 Å². The summed E-state index contributed by atoms with van der Waals surface area (Å²) in [4.78, 5) is 15.0. The van der Waals surface area contributed by atoms with Gasteiger partial charge < -0.3 is 4.57 Å². The van der Waals surface area contributed by atoms with Gasteiger partial charge in [0.05, 0.1) is 22.7 Å². The van der Waals surface area contributed by atoms with Gasteiger partial charge in [0.2, 0.25) is 0 Å². The van der Waals surface area contributed by atoms with Crippen LogP contribution in [0.5, 0.6) is 0 Å². The van der Waals surface area contributed by atoms with Crippen molar-refractivity contribution in [1.29, 1.82) is 5.26 Å². The zero-order valence-corrected chi connectivity index (χ0v) is 31.9. The fourth-order valence-electron chi connectivity index (χ4n) is 8.08. The summed E-state index contributed by atoms with van der Waals surface area (Å²) in [5.74, 6) is 1.86. The first-order valence-corrected chi connectivity index (χ1v) is 20.0. The highest BCUT2D eigenvalue weighted by atomic mass is 32.1. The first-order chi connectivity index (χ1) is 28.7.